The van der Waals surface area contributed by atoms with Crippen LogP contribution in [0.5, 0.6) is 0 Å². The summed E-state index contributed by atoms with van der Waals surface area (Å²) in [7, 11) is 0. The van der Waals surface area contributed by atoms with Crippen LogP contribution in [0.3, 0.4) is 0 Å². The van der Waals surface area contributed by atoms with Crippen LogP contribution in [0.4, 0.5) is 5.82 Å². The first-order valence-corrected chi connectivity index (χ1v) is 5.88. The van der Waals surface area contributed by atoms with Crippen molar-refractivity contribution in [3.63, 3.8) is 0 Å². The molecule has 0 unspecified atom stereocenters. The van der Waals surface area contributed by atoms with Gasteiger partial charge >= 0.3 is 0 Å². The fourth-order valence-electron chi connectivity index (χ4n) is 1.04. The molecular formula is C10H17N3S. The zero-order chi connectivity index (χ0) is 10.4. The summed E-state index contributed by atoms with van der Waals surface area (Å²) in [6.07, 6.45) is 0. The number of nitrogens with one attached hydrogen (secondary N) is 1. The average Bonchev–Trinajstić information content (AvgIpc) is 2.18. The van der Waals surface area contributed by atoms with E-state index >= 15 is 0 Å². The van der Waals surface area contributed by atoms with Crippen molar-refractivity contribution in [3.8, 4) is 0 Å². The van der Waals surface area contributed by atoms with E-state index in [9.17, 15) is 0 Å². The predicted molar refractivity (Wildman–Crippen MR) is 63.0 cm³/mol. The Balaban J connectivity index is 2.42. The molecule has 0 saturated heterocycles. The van der Waals surface area contributed by atoms with Gasteiger partial charge in [0.05, 0.1) is 5.69 Å². The van der Waals surface area contributed by atoms with E-state index in [1.165, 1.54) is 5.75 Å². The van der Waals surface area contributed by atoms with Crippen LogP contribution in [0.2, 0.25) is 0 Å². The Morgan fingerprint density at radius 3 is 2.93 bits per heavy atom. The van der Waals surface area contributed by atoms with Gasteiger partial charge in [-0.15, -0.1) is 0 Å². The maximum Gasteiger partial charge on any atom is 0.140 e. The molecule has 78 valence electrons. The average molecular weight is 211 g/mol. The van der Waals surface area contributed by atoms with Gasteiger partial charge in [-0.1, -0.05) is 19.9 Å². The number of nitrogens with two attached hydrogens (primary N) is 1. The fraction of sp³-hybridized carbons (Fsp3) is 0.500. The number of rotatable bonds is 5. The quantitative estimate of drug-likeness (QED) is 0.579. The van der Waals surface area contributed by atoms with E-state index in [2.05, 4.69) is 24.3 Å². The molecule has 0 bridgehead atoms. The molecule has 4 heteroatoms. The van der Waals surface area contributed by atoms with Crippen LogP contribution in [-0.2, 0) is 5.75 Å². The maximum atomic E-state index is 5.28. The summed E-state index contributed by atoms with van der Waals surface area (Å²) in [6, 6.07) is 5.85. The Bertz CT molecular complexity index is 276. The van der Waals surface area contributed by atoms with Gasteiger partial charge in [0.15, 0.2) is 0 Å². The number of nitrogen functional groups attached to an aromatic ring is 1. The number of hydrogen-bond acceptors (Lipinski definition) is 4. The highest BCUT2D eigenvalue weighted by Gasteiger charge is 1.98. The summed E-state index contributed by atoms with van der Waals surface area (Å²) < 4.78 is 0. The van der Waals surface area contributed by atoms with E-state index in [1.54, 1.807) is 0 Å². The third kappa shape index (κ3) is 3.98. The minimum atomic E-state index is 0.729. The second-order valence-corrected chi connectivity index (χ2v) is 4.60. The molecule has 1 aromatic rings. The van der Waals surface area contributed by atoms with Crippen LogP contribution in [0, 0.1) is 5.92 Å². The topological polar surface area (TPSA) is 50.9 Å². The van der Waals surface area contributed by atoms with Gasteiger partial charge in [0.2, 0.25) is 0 Å². The van der Waals surface area contributed by atoms with Crippen LogP contribution in [0.15, 0.2) is 18.2 Å². The lowest BCUT2D eigenvalue weighted by atomic mass is 10.3. The number of nitrogens with zero attached hydrogens (tertiary/aromatic N) is 1. The summed E-state index contributed by atoms with van der Waals surface area (Å²) in [5.74, 6) is 8.86. The number of pyridine rings is 1. The molecule has 1 heterocycles. The number of anilines is 1. The van der Waals surface area contributed by atoms with E-state index < -0.39 is 0 Å². The van der Waals surface area contributed by atoms with E-state index in [4.69, 9.17) is 5.84 Å². The molecular weight excluding hydrogens is 194 g/mol. The van der Waals surface area contributed by atoms with Crippen LogP contribution >= 0.6 is 11.8 Å². The molecule has 0 saturated carbocycles. The number of hydrazine groups is 1. The van der Waals surface area contributed by atoms with Crippen molar-refractivity contribution in [3.05, 3.63) is 23.9 Å². The van der Waals surface area contributed by atoms with E-state index in [0.29, 0.717) is 0 Å². The highest BCUT2D eigenvalue weighted by Crippen LogP contribution is 2.14. The molecule has 0 amide bonds. The smallest absolute Gasteiger partial charge is 0.140 e. The molecule has 0 aromatic carbocycles. The molecule has 3 nitrogen and oxygen atoms in total. The molecule has 14 heavy (non-hydrogen) atoms. The van der Waals surface area contributed by atoms with Gasteiger partial charge in [0.1, 0.15) is 5.82 Å². The molecule has 0 aliphatic carbocycles. The predicted octanol–water partition coefficient (Wildman–Crippen LogP) is 2.26. The van der Waals surface area contributed by atoms with Gasteiger partial charge in [-0.3, -0.25) is 0 Å². The molecule has 0 fully saturated rings. The van der Waals surface area contributed by atoms with E-state index in [-0.39, 0.29) is 0 Å². The highest BCUT2D eigenvalue weighted by molar-refractivity contribution is 7.98. The summed E-state index contributed by atoms with van der Waals surface area (Å²) in [5.41, 5.74) is 3.62. The molecule has 1 aromatic heterocycles. The Morgan fingerprint density at radius 2 is 2.29 bits per heavy atom. The van der Waals surface area contributed by atoms with Crippen molar-refractivity contribution in [2.75, 3.05) is 11.2 Å². The lowest BCUT2D eigenvalue weighted by Crippen LogP contribution is -2.08. The van der Waals surface area contributed by atoms with Gasteiger partial charge in [-0.25, -0.2) is 10.8 Å². The van der Waals surface area contributed by atoms with Crippen molar-refractivity contribution in [2.24, 2.45) is 11.8 Å². The van der Waals surface area contributed by atoms with Crippen LogP contribution < -0.4 is 11.3 Å². The van der Waals surface area contributed by atoms with Gasteiger partial charge in [0, 0.05) is 5.75 Å². The van der Waals surface area contributed by atoms with E-state index in [0.717, 1.165) is 23.2 Å². The fourth-order valence-corrected chi connectivity index (χ4v) is 2.00. The van der Waals surface area contributed by atoms with Crippen LogP contribution in [0.1, 0.15) is 19.5 Å². The van der Waals surface area contributed by atoms with Crippen LogP contribution in [0.25, 0.3) is 0 Å². The molecule has 3 N–H and O–H groups in total. The summed E-state index contributed by atoms with van der Waals surface area (Å²) in [6.45, 7) is 4.44. The van der Waals surface area contributed by atoms with Gasteiger partial charge in [0.25, 0.3) is 0 Å². The van der Waals surface area contributed by atoms with Gasteiger partial charge in [-0.05, 0) is 23.8 Å². The Hall–Kier alpha value is -0.740. The molecule has 1 rings (SSSR count). The lowest BCUT2D eigenvalue weighted by molar-refractivity contribution is 0.750. The second kappa shape index (κ2) is 5.88. The Morgan fingerprint density at radius 1 is 1.50 bits per heavy atom. The first-order chi connectivity index (χ1) is 6.72. The second-order valence-electron chi connectivity index (χ2n) is 3.57. The van der Waals surface area contributed by atoms with Gasteiger partial charge in [-0.2, -0.15) is 11.8 Å². The van der Waals surface area contributed by atoms with Crippen molar-refractivity contribution in [1.82, 2.24) is 4.98 Å². The van der Waals surface area contributed by atoms with Crippen LogP contribution in [-0.4, -0.2) is 10.7 Å². The monoisotopic (exact) mass is 211 g/mol. The van der Waals surface area contributed by atoms with Crippen molar-refractivity contribution < 1.29 is 0 Å². The number of thioether (sulfide) groups is 1. The Labute approximate surface area is 89.5 Å². The van der Waals surface area contributed by atoms with Crippen molar-refractivity contribution in [1.29, 1.82) is 0 Å². The highest BCUT2D eigenvalue weighted by atomic mass is 32.2. The summed E-state index contributed by atoms with van der Waals surface area (Å²) in [5, 5.41) is 0. The van der Waals surface area contributed by atoms with E-state index in [1.807, 2.05) is 30.0 Å². The number of hydrogen-bond donors (Lipinski definition) is 2. The minimum absolute atomic E-state index is 0.729. The normalized spacial score (nSPS) is 10.6. The summed E-state index contributed by atoms with van der Waals surface area (Å²) >= 11 is 1.90. The largest absolute Gasteiger partial charge is 0.308 e. The molecule has 0 spiro atoms. The third-order valence-corrected chi connectivity index (χ3v) is 3.06. The minimum Gasteiger partial charge on any atom is -0.308 e. The first-order valence-electron chi connectivity index (χ1n) is 4.72. The standard InChI is InChI=1S/C10H17N3S/c1-8(2)6-14-7-9-4-3-5-10(12-9)13-11/h3-5,8H,6-7,11H2,1-2H3,(H,12,13). The maximum absolute atomic E-state index is 5.28. The van der Waals surface area contributed by atoms with Gasteiger partial charge < -0.3 is 5.43 Å². The molecule has 0 aliphatic rings. The molecule has 0 atom stereocenters. The zero-order valence-corrected chi connectivity index (χ0v) is 9.47. The van der Waals surface area contributed by atoms with Crippen molar-refractivity contribution in [2.45, 2.75) is 19.6 Å². The SMILES string of the molecule is CC(C)CSCc1cccc(NN)n1. The van der Waals surface area contributed by atoms with Crippen molar-refractivity contribution >= 4 is 17.6 Å². The Kier molecular flexibility index (Phi) is 4.76. The zero-order valence-electron chi connectivity index (χ0n) is 8.66. The number of aromatic nitrogens is 1. The first kappa shape index (κ1) is 11.3. The molecule has 0 radical (unpaired) electrons. The lowest BCUT2D eigenvalue weighted by Gasteiger charge is -2.05. The molecule has 0 aliphatic heterocycles. The summed E-state index contributed by atoms with van der Waals surface area (Å²) in [4.78, 5) is 4.33. The third-order valence-electron chi connectivity index (χ3n) is 1.66.